The van der Waals surface area contributed by atoms with Gasteiger partial charge in [0, 0.05) is 11.1 Å². The van der Waals surface area contributed by atoms with Gasteiger partial charge in [-0.25, -0.2) is 4.98 Å². The number of halogens is 1. The number of carbonyl (C=O) groups excluding carboxylic acids is 1. The number of fused-ring (bicyclic) bond motifs is 1. The molecular formula is C24H21BrN2O4. The molecule has 1 amide bonds. The van der Waals surface area contributed by atoms with Gasteiger partial charge in [0.25, 0.3) is 5.91 Å². The molecule has 0 aliphatic heterocycles. The van der Waals surface area contributed by atoms with Crippen molar-refractivity contribution in [3.05, 3.63) is 69.7 Å². The monoisotopic (exact) mass is 480 g/mol. The van der Waals surface area contributed by atoms with E-state index in [-0.39, 0.29) is 5.91 Å². The van der Waals surface area contributed by atoms with Crippen molar-refractivity contribution < 1.29 is 18.7 Å². The molecule has 0 radical (unpaired) electrons. The Hall–Kier alpha value is -3.32. The van der Waals surface area contributed by atoms with Crippen LogP contribution in [-0.4, -0.2) is 25.1 Å². The molecular weight excluding hydrogens is 460 g/mol. The van der Waals surface area contributed by atoms with Gasteiger partial charge in [0.1, 0.15) is 17.0 Å². The highest BCUT2D eigenvalue weighted by molar-refractivity contribution is 9.10. The summed E-state index contributed by atoms with van der Waals surface area (Å²) in [6.07, 6.45) is 0. The van der Waals surface area contributed by atoms with Crippen LogP contribution < -0.4 is 14.8 Å². The van der Waals surface area contributed by atoms with E-state index in [2.05, 4.69) is 26.2 Å². The van der Waals surface area contributed by atoms with Crippen LogP contribution in [0.2, 0.25) is 0 Å². The molecule has 1 heterocycles. The summed E-state index contributed by atoms with van der Waals surface area (Å²) in [5.41, 5.74) is 5.55. The third-order valence-electron chi connectivity index (χ3n) is 5.11. The molecule has 0 unspecified atom stereocenters. The first kappa shape index (κ1) is 20.9. The van der Waals surface area contributed by atoms with Gasteiger partial charge in [-0.2, -0.15) is 0 Å². The Morgan fingerprint density at radius 1 is 0.968 bits per heavy atom. The number of rotatable bonds is 5. The molecule has 3 aromatic carbocycles. The maximum Gasteiger partial charge on any atom is 0.255 e. The Bertz CT molecular complexity index is 1260. The Kier molecular flexibility index (Phi) is 5.69. The molecule has 0 spiro atoms. The van der Waals surface area contributed by atoms with E-state index < -0.39 is 0 Å². The number of anilines is 1. The number of aryl methyl sites for hydroxylation is 2. The van der Waals surface area contributed by atoms with Crippen molar-refractivity contribution >= 4 is 38.6 Å². The number of nitrogens with zero attached hydrogens (tertiary/aromatic N) is 1. The average Bonchev–Trinajstić information content (AvgIpc) is 3.16. The largest absolute Gasteiger partial charge is 0.496 e. The molecule has 1 N–H and O–H groups in total. The fourth-order valence-corrected chi connectivity index (χ4v) is 3.78. The van der Waals surface area contributed by atoms with Crippen LogP contribution in [0, 0.1) is 13.8 Å². The van der Waals surface area contributed by atoms with E-state index in [1.165, 1.54) is 0 Å². The van der Waals surface area contributed by atoms with Gasteiger partial charge in [-0.3, -0.25) is 4.79 Å². The third kappa shape index (κ3) is 4.14. The molecule has 31 heavy (non-hydrogen) atoms. The Morgan fingerprint density at radius 3 is 2.39 bits per heavy atom. The van der Waals surface area contributed by atoms with E-state index >= 15 is 0 Å². The van der Waals surface area contributed by atoms with Crippen LogP contribution in [0.5, 0.6) is 11.5 Å². The fraction of sp³-hybridized carbons (Fsp3) is 0.167. The van der Waals surface area contributed by atoms with Crippen molar-refractivity contribution in [3.8, 4) is 23.0 Å². The lowest BCUT2D eigenvalue weighted by atomic mass is 10.1. The summed E-state index contributed by atoms with van der Waals surface area (Å²) in [4.78, 5) is 17.4. The predicted molar refractivity (Wildman–Crippen MR) is 124 cm³/mol. The molecule has 0 aliphatic carbocycles. The van der Waals surface area contributed by atoms with Crippen LogP contribution in [0.25, 0.3) is 22.6 Å². The average molecular weight is 481 g/mol. The maximum absolute atomic E-state index is 12.8. The lowest BCUT2D eigenvalue weighted by Gasteiger charge is -2.12. The first-order valence-electron chi connectivity index (χ1n) is 9.60. The van der Waals surface area contributed by atoms with Crippen molar-refractivity contribution in [2.45, 2.75) is 13.8 Å². The molecule has 0 fully saturated rings. The van der Waals surface area contributed by atoms with Crippen molar-refractivity contribution in [3.63, 3.8) is 0 Å². The van der Waals surface area contributed by atoms with Gasteiger partial charge in [0.15, 0.2) is 5.58 Å². The number of benzene rings is 3. The standard InChI is InChI=1S/C24H21BrN2O4/c1-13-9-18-22(10-14(13)2)31-24(27-18)16-6-8-21(30-4)19(12-16)26-23(28)15-5-7-20(29-3)17(25)11-15/h5-12H,1-4H3,(H,26,28). The van der Waals surface area contributed by atoms with E-state index in [0.29, 0.717) is 33.1 Å². The van der Waals surface area contributed by atoms with E-state index in [1.807, 2.05) is 32.0 Å². The van der Waals surface area contributed by atoms with Crippen molar-refractivity contribution in [2.24, 2.45) is 0 Å². The van der Waals surface area contributed by atoms with Crippen LogP contribution in [0.15, 0.2) is 57.4 Å². The van der Waals surface area contributed by atoms with E-state index in [9.17, 15) is 4.79 Å². The zero-order valence-corrected chi connectivity index (χ0v) is 19.2. The molecule has 0 atom stereocenters. The maximum atomic E-state index is 12.8. The molecule has 1 aromatic heterocycles. The van der Waals surface area contributed by atoms with E-state index in [0.717, 1.165) is 27.8 Å². The summed E-state index contributed by atoms with van der Waals surface area (Å²) >= 11 is 3.41. The number of methoxy groups -OCH3 is 2. The van der Waals surface area contributed by atoms with Gasteiger partial charge in [-0.05, 0) is 89.4 Å². The number of oxazole rings is 1. The molecule has 4 aromatic rings. The molecule has 0 saturated heterocycles. The van der Waals surface area contributed by atoms with Gasteiger partial charge < -0.3 is 19.2 Å². The topological polar surface area (TPSA) is 73.6 Å². The Balaban J connectivity index is 1.68. The minimum Gasteiger partial charge on any atom is -0.496 e. The molecule has 0 bridgehead atoms. The van der Waals surface area contributed by atoms with Crippen LogP contribution >= 0.6 is 15.9 Å². The summed E-state index contributed by atoms with van der Waals surface area (Å²) in [5.74, 6) is 1.39. The molecule has 6 nitrogen and oxygen atoms in total. The number of hydrogen-bond donors (Lipinski definition) is 1. The second-order valence-corrected chi connectivity index (χ2v) is 8.00. The number of nitrogens with one attached hydrogen (secondary N) is 1. The first-order valence-corrected chi connectivity index (χ1v) is 10.4. The van der Waals surface area contributed by atoms with Crippen LogP contribution in [0.3, 0.4) is 0 Å². The minimum absolute atomic E-state index is 0.275. The predicted octanol–water partition coefficient (Wildman–Crippen LogP) is 6.14. The van der Waals surface area contributed by atoms with Crippen molar-refractivity contribution in [1.82, 2.24) is 4.98 Å². The summed E-state index contributed by atoms with van der Waals surface area (Å²) in [5, 5.41) is 2.91. The lowest BCUT2D eigenvalue weighted by Crippen LogP contribution is -2.13. The summed E-state index contributed by atoms with van der Waals surface area (Å²) in [6, 6.07) is 14.5. The van der Waals surface area contributed by atoms with E-state index in [1.54, 1.807) is 44.6 Å². The van der Waals surface area contributed by atoms with Gasteiger partial charge in [0.05, 0.1) is 24.4 Å². The zero-order valence-electron chi connectivity index (χ0n) is 17.6. The second-order valence-electron chi connectivity index (χ2n) is 7.14. The van der Waals surface area contributed by atoms with Crippen LogP contribution in [0.1, 0.15) is 21.5 Å². The molecule has 158 valence electrons. The Labute approximate surface area is 188 Å². The molecule has 7 heteroatoms. The van der Waals surface area contributed by atoms with Crippen molar-refractivity contribution in [1.29, 1.82) is 0 Å². The van der Waals surface area contributed by atoms with Crippen LogP contribution in [-0.2, 0) is 0 Å². The highest BCUT2D eigenvalue weighted by atomic mass is 79.9. The SMILES string of the molecule is COc1ccc(C(=O)Nc2cc(-c3nc4cc(C)c(C)cc4o3)ccc2OC)cc1Br. The number of ether oxygens (including phenoxy) is 2. The molecule has 4 rings (SSSR count). The Morgan fingerprint density at radius 2 is 1.68 bits per heavy atom. The van der Waals surface area contributed by atoms with Gasteiger partial charge in [0.2, 0.25) is 5.89 Å². The normalized spacial score (nSPS) is 10.9. The second kappa shape index (κ2) is 8.43. The number of hydrogen-bond acceptors (Lipinski definition) is 5. The van der Waals surface area contributed by atoms with Gasteiger partial charge in [-0.1, -0.05) is 0 Å². The molecule has 0 aliphatic rings. The lowest BCUT2D eigenvalue weighted by molar-refractivity contribution is 0.102. The van der Waals surface area contributed by atoms with Crippen molar-refractivity contribution in [2.75, 3.05) is 19.5 Å². The highest BCUT2D eigenvalue weighted by Gasteiger charge is 2.15. The van der Waals surface area contributed by atoms with Gasteiger partial charge >= 0.3 is 0 Å². The minimum atomic E-state index is -0.275. The van der Waals surface area contributed by atoms with E-state index in [4.69, 9.17) is 13.9 Å². The first-order chi connectivity index (χ1) is 14.9. The number of carbonyl (C=O) groups is 1. The van der Waals surface area contributed by atoms with Crippen LogP contribution in [0.4, 0.5) is 5.69 Å². The number of amides is 1. The quantitative estimate of drug-likeness (QED) is 0.371. The highest BCUT2D eigenvalue weighted by Crippen LogP contribution is 2.33. The van der Waals surface area contributed by atoms with Gasteiger partial charge in [-0.15, -0.1) is 0 Å². The molecule has 0 saturated carbocycles. The smallest absolute Gasteiger partial charge is 0.255 e. The summed E-state index contributed by atoms with van der Waals surface area (Å²) in [7, 11) is 3.13. The summed E-state index contributed by atoms with van der Waals surface area (Å²) < 4.78 is 17.3. The summed E-state index contributed by atoms with van der Waals surface area (Å²) in [6.45, 7) is 4.08. The third-order valence-corrected chi connectivity index (χ3v) is 5.73. The number of aromatic nitrogens is 1. The fourth-order valence-electron chi connectivity index (χ4n) is 3.24. The zero-order chi connectivity index (χ0) is 22.1.